The van der Waals surface area contributed by atoms with Gasteiger partial charge in [-0.25, -0.2) is 0 Å². The predicted molar refractivity (Wildman–Crippen MR) is 83.7 cm³/mol. The average Bonchev–Trinajstić information content (AvgIpc) is 2.76. The van der Waals surface area contributed by atoms with Crippen molar-refractivity contribution in [2.45, 2.75) is 77.4 Å². The Balaban J connectivity index is 1.68. The summed E-state index contributed by atoms with van der Waals surface area (Å²) in [6, 6.07) is 0. The highest BCUT2D eigenvalue weighted by Crippen LogP contribution is 2.64. The lowest BCUT2D eigenvalue weighted by atomic mass is 9.48. The van der Waals surface area contributed by atoms with Crippen LogP contribution in [0.25, 0.3) is 0 Å². The molecule has 0 spiro atoms. The number of hydrogen-bond donors (Lipinski definition) is 2. The Morgan fingerprint density at radius 2 is 1.81 bits per heavy atom. The largest absolute Gasteiger partial charge is 0.393 e. The molecule has 4 rings (SSSR count). The van der Waals surface area contributed by atoms with E-state index >= 15 is 0 Å². The second-order valence-electron chi connectivity index (χ2n) is 8.79. The van der Waals surface area contributed by atoms with E-state index in [2.05, 4.69) is 19.9 Å². The van der Waals surface area contributed by atoms with Crippen molar-refractivity contribution in [1.82, 2.24) is 0 Å². The van der Waals surface area contributed by atoms with Crippen LogP contribution in [0.2, 0.25) is 0 Å². The van der Waals surface area contributed by atoms with Gasteiger partial charge in [-0.2, -0.15) is 0 Å². The van der Waals surface area contributed by atoms with Gasteiger partial charge in [-0.05, 0) is 80.0 Å². The monoisotopic (exact) mass is 290 g/mol. The molecule has 118 valence electrons. The molecule has 21 heavy (non-hydrogen) atoms. The molecular weight excluding hydrogens is 260 g/mol. The zero-order chi connectivity index (χ0) is 14.8. The van der Waals surface area contributed by atoms with E-state index in [9.17, 15) is 10.2 Å². The number of aliphatic hydroxyl groups excluding tert-OH is 2. The summed E-state index contributed by atoms with van der Waals surface area (Å²) in [7, 11) is 0. The molecule has 0 aliphatic heterocycles. The molecule has 2 N–H and O–H groups in total. The van der Waals surface area contributed by atoms with E-state index in [0.29, 0.717) is 11.3 Å². The maximum absolute atomic E-state index is 10.5. The summed E-state index contributed by atoms with van der Waals surface area (Å²) < 4.78 is 0. The van der Waals surface area contributed by atoms with Crippen LogP contribution in [-0.4, -0.2) is 22.4 Å². The molecule has 3 fully saturated rings. The summed E-state index contributed by atoms with van der Waals surface area (Å²) in [6.45, 7) is 4.81. The van der Waals surface area contributed by atoms with Crippen LogP contribution in [0.15, 0.2) is 11.6 Å². The van der Waals surface area contributed by atoms with Gasteiger partial charge in [0.25, 0.3) is 0 Å². The molecule has 0 bridgehead atoms. The van der Waals surface area contributed by atoms with Gasteiger partial charge >= 0.3 is 0 Å². The molecule has 4 aliphatic rings. The van der Waals surface area contributed by atoms with Crippen molar-refractivity contribution >= 4 is 0 Å². The molecule has 7 atom stereocenters. The van der Waals surface area contributed by atoms with Gasteiger partial charge in [-0.3, -0.25) is 0 Å². The third-order valence-electron chi connectivity index (χ3n) is 8.03. The van der Waals surface area contributed by atoms with Crippen molar-refractivity contribution in [3.05, 3.63) is 11.6 Å². The minimum absolute atomic E-state index is 0.0742. The summed E-state index contributed by atoms with van der Waals surface area (Å²) in [4.78, 5) is 0. The predicted octanol–water partition coefficient (Wildman–Crippen LogP) is 3.67. The summed E-state index contributed by atoms with van der Waals surface area (Å²) in [5, 5.41) is 20.5. The fourth-order valence-electron chi connectivity index (χ4n) is 6.61. The molecule has 0 radical (unpaired) electrons. The van der Waals surface area contributed by atoms with Gasteiger partial charge < -0.3 is 10.2 Å². The summed E-state index contributed by atoms with van der Waals surface area (Å²) >= 11 is 0. The zero-order valence-corrected chi connectivity index (χ0v) is 13.5. The quantitative estimate of drug-likeness (QED) is 0.668. The second-order valence-corrected chi connectivity index (χ2v) is 8.79. The Morgan fingerprint density at radius 1 is 1.00 bits per heavy atom. The van der Waals surface area contributed by atoms with Crippen molar-refractivity contribution in [3.8, 4) is 0 Å². The summed E-state index contributed by atoms with van der Waals surface area (Å²) in [5.41, 5.74) is 2.05. The van der Waals surface area contributed by atoms with Crippen LogP contribution < -0.4 is 0 Å². The number of aliphatic hydroxyl groups is 2. The third kappa shape index (κ3) is 1.84. The highest BCUT2D eigenvalue weighted by atomic mass is 16.3. The van der Waals surface area contributed by atoms with Crippen molar-refractivity contribution in [2.24, 2.45) is 28.6 Å². The molecule has 0 aromatic heterocycles. The molecule has 0 aromatic carbocycles. The zero-order valence-electron chi connectivity index (χ0n) is 13.5. The van der Waals surface area contributed by atoms with Gasteiger partial charge in [0.05, 0.1) is 12.2 Å². The molecule has 0 heterocycles. The van der Waals surface area contributed by atoms with Gasteiger partial charge in [0.15, 0.2) is 0 Å². The van der Waals surface area contributed by atoms with Gasteiger partial charge in [-0.1, -0.05) is 25.5 Å². The van der Waals surface area contributed by atoms with Gasteiger partial charge in [0.2, 0.25) is 0 Å². The second kappa shape index (κ2) is 4.58. The maximum atomic E-state index is 10.5. The van der Waals surface area contributed by atoms with Gasteiger partial charge in [0, 0.05) is 0 Å². The van der Waals surface area contributed by atoms with E-state index in [-0.39, 0.29) is 17.6 Å². The molecular formula is C19H30O2. The fourth-order valence-corrected chi connectivity index (χ4v) is 6.61. The highest BCUT2D eigenvalue weighted by Gasteiger charge is 2.58. The first kappa shape index (κ1) is 14.3. The van der Waals surface area contributed by atoms with E-state index < -0.39 is 0 Å². The van der Waals surface area contributed by atoms with Crippen molar-refractivity contribution in [1.29, 1.82) is 0 Å². The lowest BCUT2D eigenvalue weighted by molar-refractivity contribution is -0.0711. The van der Waals surface area contributed by atoms with E-state index in [4.69, 9.17) is 0 Å². The van der Waals surface area contributed by atoms with Crippen LogP contribution in [-0.2, 0) is 0 Å². The van der Waals surface area contributed by atoms with Crippen LogP contribution in [0.4, 0.5) is 0 Å². The number of hydrogen-bond acceptors (Lipinski definition) is 2. The van der Waals surface area contributed by atoms with E-state index in [0.717, 1.165) is 37.5 Å². The highest BCUT2D eigenvalue weighted by molar-refractivity contribution is 5.25. The Labute approximate surface area is 128 Å². The molecule has 3 saturated carbocycles. The fraction of sp³-hybridized carbons (Fsp3) is 0.895. The average molecular weight is 290 g/mol. The Bertz CT molecular complexity index is 470. The van der Waals surface area contributed by atoms with Crippen molar-refractivity contribution in [2.75, 3.05) is 0 Å². The molecule has 0 aromatic rings. The molecule has 0 unspecified atom stereocenters. The molecule has 4 aliphatic carbocycles. The normalized spacial score (nSPS) is 56.2. The standard InChI is InChI=1S/C19H30O2/c1-18-9-7-13(20)11-12(18)3-4-14-15-5-6-17(21)19(15,2)10-8-16(14)18/h3,13-17,20-21H,4-11H2,1-2H3/t13-,14+,15-,16+,17-,18+,19-/m1/s1. The van der Waals surface area contributed by atoms with Crippen LogP contribution in [0, 0.1) is 28.6 Å². The summed E-state index contributed by atoms with van der Waals surface area (Å²) in [6.07, 6.45) is 11.2. The van der Waals surface area contributed by atoms with E-state index in [1.165, 1.54) is 25.7 Å². The topological polar surface area (TPSA) is 40.5 Å². The third-order valence-corrected chi connectivity index (χ3v) is 8.03. The number of allylic oxidation sites excluding steroid dienone is 1. The first-order valence-corrected chi connectivity index (χ1v) is 9.01. The minimum atomic E-state index is -0.108. The van der Waals surface area contributed by atoms with Gasteiger partial charge in [0.1, 0.15) is 0 Å². The van der Waals surface area contributed by atoms with E-state index in [1.807, 2.05) is 0 Å². The first-order valence-electron chi connectivity index (χ1n) is 9.01. The smallest absolute Gasteiger partial charge is 0.0596 e. The first-order chi connectivity index (χ1) is 9.95. The molecule has 2 nitrogen and oxygen atoms in total. The number of rotatable bonds is 0. The Morgan fingerprint density at radius 3 is 2.62 bits per heavy atom. The van der Waals surface area contributed by atoms with Crippen LogP contribution in [0.1, 0.15) is 65.2 Å². The number of fused-ring (bicyclic) bond motifs is 5. The molecule has 2 heteroatoms. The lowest BCUT2D eigenvalue weighted by Crippen LogP contribution is -2.51. The van der Waals surface area contributed by atoms with E-state index in [1.54, 1.807) is 5.57 Å². The van der Waals surface area contributed by atoms with Crippen molar-refractivity contribution in [3.63, 3.8) is 0 Å². The maximum Gasteiger partial charge on any atom is 0.0596 e. The Hall–Kier alpha value is -0.340. The molecule has 0 saturated heterocycles. The van der Waals surface area contributed by atoms with Crippen LogP contribution in [0.5, 0.6) is 0 Å². The van der Waals surface area contributed by atoms with Crippen LogP contribution in [0.3, 0.4) is 0 Å². The minimum Gasteiger partial charge on any atom is -0.393 e. The van der Waals surface area contributed by atoms with Crippen molar-refractivity contribution < 1.29 is 10.2 Å². The van der Waals surface area contributed by atoms with Gasteiger partial charge in [-0.15, -0.1) is 0 Å². The summed E-state index contributed by atoms with van der Waals surface area (Å²) in [5.74, 6) is 2.27. The Kier molecular flexibility index (Phi) is 3.11. The molecule has 0 amide bonds. The lowest BCUT2D eigenvalue weighted by Gasteiger charge is -2.57. The van der Waals surface area contributed by atoms with Crippen LogP contribution >= 0.6 is 0 Å². The SMILES string of the molecule is C[C@@]12CC[C@H]3[C@@H](CC=C4C[C@H](O)CC[C@@]43C)[C@H]1CC[C@H]2O.